The van der Waals surface area contributed by atoms with Crippen molar-refractivity contribution in [2.45, 2.75) is 6.42 Å². The molecule has 1 amide bonds. The van der Waals surface area contributed by atoms with Gasteiger partial charge in [0.25, 0.3) is 0 Å². The molecule has 0 aliphatic rings. The molecule has 0 fully saturated rings. The van der Waals surface area contributed by atoms with Gasteiger partial charge in [-0.3, -0.25) is 4.79 Å². The van der Waals surface area contributed by atoms with E-state index in [9.17, 15) is 4.79 Å². The Morgan fingerprint density at radius 2 is 2.33 bits per heavy atom. The van der Waals surface area contributed by atoms with Crippen molar-refractivity contribution in [1.82, 2.24) is 0 Å². The highest BCUT2D eigenvalue weighted by Gasteiger charge is 2.11. The van der Waals surface area contributed by atoms with E-state index < -0.39 is 5.91 Å². The van der Waals surface area contributed by atoms with Gasteiger partial charge in [0, 0.05) is 25.2 Å². The zero-order valence-corrected chi connectivity index (χ0v) is 7.25. The highest BCUT2D eigenvalue weighted by atomic mass is 16.5. The molecule has 0 heterocycles. The predicted molar refractivity (Wildman–Crippen MR) is 45.4 cm³/mol. The highest BCUT2D eigenvalue weighted by molar-refractivity contribution is 5.91. The van der Waals surface area contributed by atoms with E-state index in [1.165, 1.54) is 7.11 Å². The lowest BCUT2D eigenvalue weighted by atomic mass is 10.0. The average molecular weight is 173 g/mol. The zero-order valence-electron chi connectivity index (χ0n) is 7.25. The molecule has 0 radical (unpaired) electrons. The Morgan fingerprint density at radius 3 is 2.67 bits per heavy atom. The smallest absolute Gasteiger partial charge is 0.244 e. The van der Waals surface area contributed by atoms with Gasteiger partial charge in [0.15, 0.2) is 0 Å². The van der Waals surface area contributed by atoms with Crippen LogP contribution in [0, 0.1) is 5.92 Å². The third-order valence-corrected chi connectivity index (χ3v) is 1.54. The molecule has 12 heavy (non-hydrogen) atoms. The third-order valence-electron chi connectivity index (χ3n) is 1.54. The maximum absolute atomic E-state index is 10.6. The molecular weight excluding hydrogens is 158 g/mol. The lowest BCUT2D eigenvalue weighted by molar-refractivity contribution is -0.114. The van der Waals surface area contributed by atoms with E-state index in [1.807, 2.05) is 0 Å². The summed E-state index contributed by atoms with van der Waals surface area (Å²) in [7, 11) is 1.54. The van der Waals surface area contributed by atoms with Crippen molar-refractivity contribution in [3.63, 3.8) is 0 Å². The van der Waals surface area contributed by atoms with Crippen LogP contribution in [-0.2, 0) is 9.53 Å². The van der Waals surface area contributed by atoms with E-state index >= 15 is 0 Å². The van der Waals surface area contributed by atoms with Gasteiger partial charge in [-0.1, -0.05) is 6.58 Å². The van der Waals surface area contributed by atoms with Gasteiger partial charge in [0.2, 0.25) is 5.91 Å². The number of rotatable bonds is 6. The number of aliphatic hydroxyl groups excluding tert-OH is 1. The second-order valence-electron chi connectivity index (χ2n) is 2.68. The lowest BCUT2D eigenvalue weighted by Gasteiger charge is -2.12. The average Bonchev–Trinajstić information content (AvgIpc) is 2.03. The van der Waals surface area contributed by atoms with Crippen molar-refractivity contribution in [2.24, 2.45) is 11.7 Å². The minimum atomic E-state index is -0.524. The zero-order chi connectivity index (χ0) is 9.56. The molecule has 0 rings (SSSR count). The Morgan fingerprint density at radius 1 is 1.75 bits per heavy atom. The first-order valence-electron chi connectivity index (χ1n) is 3.69. The summed E-state index contributed by atoms with van der Waals surface area (Å²) in [5.41, 5.74) is 5.30. The van der Waals surface area contributed by atoms with E-state index in [0.29, 0.717) is 18.6 Å². The summed E-state index contributed by atoms with van der Waals surface area (Å²) in [5, 5.41) is 8.81. The number of primary amides is 1. The van der Waals surface area contributed by atoms with E-state index in [0.717, 1.165) is 0 Å². The Labute approximate surface area is 72.0 Å². The van der Waals surface area contributed by atoms with Crippen LogP contribution in [0.25, 0.3) is 0 Å². The molecule has 0 aliphatic heterocycles. The maximum atomic E-state index is 10.6. The van der Waals surface area contributed by atoms with Gasteiger partial charge in [-0.05, 0) is 6.42 Å². The molecule has 4 heteroatoms. The van der Waals surface area contributed by atoms with Crippen LogP contribution < -0.4 is 5.73 Å². The first-order chi connectivity index (χ1) is 5.61. The van der Waals surface area contributed by atoms with Gasteiger partial charge in [0.1, 0.15) is 0 Å². The molecule has 0 aromatic rings. The number of nitrogens with two attached hydrogens (primary N) is 1. The van der Waals surface area contributed by atoms with Crippen LogP contribution >= 0.6 is 0 Å². The molecule has 70 valence electrons. The molecule has 0 aromatic heterocycles. The third kappa shape index (κ3) is 4.10. The number of carbonyl (C=O) groups is 1. The number of hydrogen-bond donors (Lipinski definition) is 2. The molecule has 4 nitrogen and oxygen atoms in total. The molecule has 0 saturated heterocycles. The SMILES string of the molecule is C=C(CC(CO)COC)C(N)=O. The number of hydrogen-bond acceptors (Lipinski definition) is 3. The molecule has 0 bridgehead atoms. The van der Waals surface area contributed by atoms with Crippen LogP contribution in [0.4, 0.5) is 0 Å². The summed E-state index contributed by atoms with van der Waals surface area (Å²) in [5.74, 6) is -0.612. The quantitative estimate of drug-likeness (QED) is 0.540. The van der Waals surface area contributed by atoms with Crippen LogP contribution in [0.2, 0.25) is 0 Å². The predicted octanol–water partition coefficient (Wildman–Crippen LogP) is -0.327. The normalized spacial score (nSPS) is 12.5. The van der Waals surface area contributed by atoms with Gasteiger partial charge in [-0.25, -0.2) is 0 Å². The number of amides is 1. The minimum absolute atomic E-state index is 0.0276. The van der Waals surface area contributed by atoms with Gasteiger partial charge < -0.3 is 15.6 Å². The summed E-state index contributed by atoms with van der Waals surface area (Å²) >= 11 is 0. The Hall–Kier alpha value is -0.870. The largest absolute Gasteiger partial charge is 0.396 e. The van der Waals surface area contributed by atoms with Crippen molar-refractivity contribution in [1.29, 1.82) is 0 Å². The van der Waals surface area contributed by atoms with Crippen molar-refractivity contribution < 1.29 is 14.6 Å². The number of methoxy groups -OCH3 is 1. The lowest BCUT2D eigenvalue weighted by Crippen LogP contribution is -2.20. The molecule has 0 spiro atoms. The Balaban J connectivity index is 3.85. The molecule has 0 saturated carbocycles. The second-order valence-corrected chi connectivity index (χ2v) is 2.68. The van der Waals surface area contributed by atoms with Crippen molar-refractivity contribution in [3.05, 3.63) is 12.2 Å². The summed E-state index contributed by atoms with van der Waals surface area (Å²) < 4.78 is 4.82. The van der Waals surface area contributed by atoms with E-state index in [-0.39, 0.29) is 12.5 Å². The topological polar surface area (TPSA) is 72.6 Å². The Kier molecular flexibility index (Phi) is 5.32. The fourth-order valence-corrected chi connectivity index (χ4v) is 0.861. The van der Waals surface area contributed by atoms with Crippen molar-refractivity contribution in [2.75, 3.05) is 20.3 Å². The summed E-state index contributed by atoms with van der Waals surface area (Å²) in [6.07, 6.45) is 0.389. The monoisotopic (exact) mass is 173 g/mol. The van der Waals surface area contributed by atoms with Crippen LogP contribution in [0.1, 0.15) is 6.42 Å². The molecular formula is C8H15NO3. The van der Waals surface area contributed by atoms with E-state index in [2.05, 4.69) is 6.58 Å². The first kappa shape index (κ1) is 11.1. The van der Waals surface area contributed by atoms with Gasteiger partial charge >= 0.3 is 0 Å². The first-order valence-corrected chi connectivity index (χ1v) is 3.69. The summed E-state index contributed by atoms with van der Waals surface area (Å²) in [4.78, 5) is 10.6. The van der Waals surface area contributed by atoms with Crippen molar-refractivity contribution in [3.8, 4) is 0 Å². The molecule has 3 N–H and O–H groups in total. The van der Waals surface area contributed by atoms with Crippen LogP contribution in [0.3, 0.4) is 0 Å². The number of carbonyl (C=O) groups excluding carboxylic acids is 1. The fourth-order valence-electron chi connectivity index (χ4n) is 0.861. The van der Waals surface area contributed by atoms with Gasteiger partial charge in [0.05, 0.1) is 6.61 Å². The van der Waals surface area contributed by atoms with Crippen LogP contribution in [0.5, 0.6) is 0 Å². The number of aliphatic hydroxyl groups is 1. The Bertz CT molecular complexity index is 168. The van der Waals surface area contributed by atoms with Crippen LogP contribution in [-0.4, -0.2) is 31.3 Å². The molecule has 0 aromatic carbocycles. The van der Waals surface area contributed by atoms with Gasteiger partial charge in [-0.2, -0.15) is 0 Å². The number of ether oxygens (including phenoxy) is 1. The highest BCUT2D eigenvalue weighted by Crippen LogP contribution is 2.09. The standard InChI is InChI=1S/C8H15NO3/c1-6(8(9)11)3-7(4-10)5-12-2/h7,10H,1,3-5H2,2H3,(H2,9,11). The molecule has 1 unspecified atom stereocenters. The minimum Gasteiger partial charge on any atom is -0.396 e. The van der Waals surface area contributed by atoms with Crippen LogP contribution in [0.15, 0.2) is 12.2 Å². The molecule has 1 atom stereocenters. The van der Waals surface area contributed by atoms with Crippen molar-refractivity contribution >= 4 is 5.91 Å². The maximum Gasteiger partial charge on any atom is 0.244 e. The van der Waals surface area contributed by atoms with E-state index in [4.69, 9.17) is 15.6 Å². The summed E-state index contributed by atoms with van der Waals surface area (Å²) in [6.45, 7) is 3.86. The fraction of sp³-hybridized carbons (Fsp3) is 0.625. The van der Waals surface area contributed by atoms with Gasteiger partial charge in [-0.15, -0.1) is 0 Å². The molecule has 0 aliphatic carbocycles. The summed E-state index contributed by atoms with van der Waals surface area (Å²) in [6, 6.07) is 0. The van der Waals surface area contributed by atoms with E-state index in [1.54, 1.807) is 0 Å². The second kappa shape index (κ2) is 5.74.